The quantitative estimate of drug-likeness (QED) is 0.550. The minimum atomic E-state index is -0.284. The van der Waals surface area contributed by atoms with E-state index in [9.17, 15) is 4.79 Å². The average molecular weight is 384 g/mol. The summed E-state index contributed by atoms with van der Waals surface area (Å²) in [5, 5.41) is 12.5. The number of nitrogens with zero attached hydrogens (tertiary/aromatic N) is 3. The molecule has 6 nitrogen and oxygen atoms in total. The van der Waals surface area contributed by atoms with Gasteiger partial charge in [-0.3, -0.25) is 4.79 Å². The molecule has 1 amide bonds. The first-order valence-electron chi connectivity index (χ1n) is 9.75. The number of rotatable bonds is 4. The van der Waals surface area contributed by atoms with Gasteiger partial charge in [0.15, 0.2) is 11.6 Å². The molecule has 1 saturated heterocycles. The highest BCUT2D eigenvalue weighted by Gasteiger charge is 2.15. The number of carbonyl (C=O) groups is 1. The van der Waals surface area contributed by atoms with Crippen LogP contribution in [0, 0.1) is 0 Å². The van der Waals surface area contributed by atoms with Gasteiger partial charge in [0.05, 0.1) is 5.69 Å². The van der Waals surface area contributed by atoms with Gasteiger partial charge in [-0.15, -0.1) is 10.2 Å². The summed E-state index contributed by atoms with van der Waals surface area (Å²) >= 11 is 0. The van der Waals surface area contributed by atoms with Crippen LogP contribution in [-0.4, -0.2) is 29.2 Å². The summed E-state index contributed by atoms with van der Waals surface area (Å²) in [6.07, 6.45) is 2.41. The number of anilines is 2. The molecule has 0 unspecified atom stereocenters. The van der Waals surface area contributed by atoms with Crippen LogP contribution < -0.4 is 10.2 Å². The maximum atomic E-state index is 12.6. The monoisotopic (exact) mass is 384 g/mol. The third-order valence-corrected chi connectivity index (χ3v) is 5.15. The first kappa shape index (κ1) is 17.4. The molecular weight excluding hydrogens is 364 g/mol. The van der Waals surface area contributed by atoms with Gasteiger partial charge in [0.1, 0.15) is 5.58 Å². The van der Waals surface area contributed by atoms with Gasteiger partial charge < -0.3 is 14.6 Å². The minimum Gasteiger partial charge on any atom is -0.451 e. The van der Waals surface area contributed by atoms with Crippen molar-refractivity contribution in [2.24, 2.45) is 0 Å². The van der Waals surface area contributed by atoms with Crippen LogP contribution in [0.1, 0.15) is 23.4 Å². The van der Waals surface area contributed by atoms with E-state index in [-0.39, 0.29) is 11.7 Å². The highest BCUT2D eigenvalue weighted by atomic mass is 16.3. The SMILES string of the molecule is O=C(Nc1cccc(-c2ccc(N3CCCC3)nn2)c1)c1cc2ccccc2o1. The maximum Gasteiger partial charge on any atom is 0.291 e. The second-order valence-electron chi connectivity index (χ2n) is 7.15. The lowest BCUT2D eigenvalue weighted by Gasteiger charge is -2.15. The number of furan rings is 1. The molecule has 29 heavy (non-hydrogen) atoms. The van der Waals surface area contributed by atoms with E-state index in [1.807, 2.05) is 60.7 Å². The van der Waals surface area contributed by atoms with Crippen molar-refractivity contribution in [2.45, 2.75) is 12.8 Å². The number of hydrogen-bond donors (Lipinski definition) is 1. The molecule has 1 aliphatic rings. The first-order chi connectivity index (χ1) is 14.3. The second-order valence-corrected chi connectivity index (χ2v) is 7.15. The number of carbonyl (C=O) groups excluding carboxylic acids is 1. The summed E-state index contributed by atoms with van der Waals surface area (Å²) < 4.78 is 5.64. The zero-order valence-electron chi connectivity index (χ0n) is 15.8. The van der Waals surface area contributed by atoms with E-state index in [2.05, 4.69) is 20.4 Å². The maximum absolute atomic E-state index is 12.6. The smallest absolute Gasteiger partial charge is 0.291 e. The fourth-order valence-corrected chi connectivity index (χ4v) is 3.64. The Balaban J connectivity index is 1.34. The van der Waals surface area contributed by atoms with Crippen molar-refractivity contribution in [1.82, 2.24) is 10.2 Å². The molecule has 1 N–H and O–H groups in total. The predicted molar refractivity (Wildman–Crippen MR) is 113 cm³/mol. The minimum absolute atomic E-state index is 0.284. The van der Waals surface area contributed by atoms with Crippen LogP contribution in [0.3, 0.4) is 0 Å². The fourth-order valence-electron chi connectivity index (χ4n) is 3.64. The predicted octanol–water partition coefficient (Wildman–Crippen LogP) is 4.74. The van der Waals surface area contributed by atoms with Crippen molar-refractivity contribution in [3.8, 4) is 11.3 Å². The molecule has 0 spiro atoms. The molecule has 2 aromatic heterocycles. The van der Waals surface area contributed by atoms with Crippen molar-refractivity contribution in [2.75, 3.05) is 23.3 Å². The summed E-state index contributed by atoms with van der Waals surface area (Å²) in [7, 11) is 0. The zero-order chi connectivity index (χ0) is 19.6. The molecule has 1 fully saturated rings. The summed E-state index contributed by atoms with van der Waals surface area (Å²) in [6.45, 7) is 2.08. The van der Waals surface area contributed by atoms with Crippen LogP contribution in [0.2, 0.25) is 0 Å². The Morgan fingerprint density at radius 1 is 0.931 bits per heavy atom. The summed E-state index contributed by atoms with van der Waals surface area (Å²) in [5.41, 5.74) is 3.04. The Bertz CT molecular complexity index is 1130. The van der Waals surface area contributed by atoms with Crippen LogP contribution in [0.15, 0.2) is 71.1 Å². The molecule has 0 atom stereocenters. The summed E-state index contributed by atoms with van der Waals surface area (Å²) in [6, 6.07) is 20.9. The molecule has 0 radical (unpaired) electrons. The lowest BCUT2D eigenvalue weighted by atomic mass is 10.1. The van der Waals surface area contributed by atoms with Gasteiger partial charge in [-0.2, -0.15) is 0 Å². The van der Waals surface area contributed by atoms with E-state index in [1.54, 1.807) is 6.07 Å². The van der Waals surface area contributed by atoms with Crippen molar-refractivity contribution < 1.29 is 9.21 Å². The molecule has 1 aliphatic heterocycles. The van der Waals surface area contributed by atoms with E-state index in [1.165, 1.54) is 12.8 Å². The molecule has 144 valence electrons. The number of fused-ring (bicyclic) bond motifs is 1. The van der Waals surface area contributed by atoms with Crippen molar-refractivity contribution in [3.05, 3.63) is 72.5 Å². The Labute approximate surface area is 168 Å². The topological polar surface area (TPSA) is 71.3 Å². The number of aromatic nitrogens is 2. The van der Waals surface area contributed by atoms with E-state index in [4.69, 9.17) is 4.42 Å². The average Bonchev–Trinajstić information content (AvgIpc) is 3.44. The third kappa shape index (κ3) is 3.57. The molecule has 5 rings (SSSR count). The normalized spacial score (nSPS) is 13.7. The Morgan fingerprint density at radius 2 is 1.79 bits per heavy atom. The van der Waals surface area contributed by atoms with Crippen LogP contribution in [0.4, 0.5) is 11.5 Å². The van der Waals surface area contributed by atoms with E-state index >= 15 is 0 Å². The first-order valence-corrected chi connectivity index (χ1v) is 9.75. The Morgan fingerprint density at radius 3 is 2.59 bits per heavy atom. The van der Waals surface area contributed by atoms with E-state index in [0.29, 0.717) is 11.3 Å². The lowest BCUT2D eigenvalue weighted by molar-refractivity contribution is 0.0998. The number of nitrogens with one attached hydrogen (secondary N) is 1. The lowest BCUT2D eigenvalue weighted by Crippen LogP contribution is -2.19. The zero-order valence-corrected chi connectivity index (χ0v) is 15.8. The number of para-hydroxylation sites is 1. The highest BCUT2D eigenvalue weighted by Crippen LogP contribution is 2.24. The standard InChI is InChI=1S/C23H20N4O2/c28-23(21-15-17-6-1-2-9-20(17)29-21)24-18-8-5-7-16(14-18)19-10-11-22(26-25-19)27-12-3-4-13-27/h1-2,5-11,14-15H,3-4,12-13H2,(H,24,28). The van der Waals surface area contributed by atoms with Crippen LogP contribution in [0.25, 0.3) is 22.2 Å². The molecule has 0 saturated carbocycles. The van der Waals surface area contributed by atoms with Crippen LogP contribution >= 0.6 is 0 Å². The summed E-state index contributed by atoms with van der Waals surface area (Å²) in [5.74, 6) is 0.917. The number of amides is 1. The largest absolute Gasteiger partial charge is 0.451 e. The summed E-state index contributed by atoms with van der Waals surface area (Å²) in [4.78, 5) is 14.8. The molecular formula is C23H20N4O2. The highest BCUT2D eigenvalue weighted by molar-refractivity contribution is 6.04. The van der Waals surface area contributed by atoms with Crippen LogP contribution in [-0.2, 0) is 0 Å². The molecule has 6 heteroatoms. The third-order valence-electron chi connectivity index (χ3n) is 5.15. The van der Waals surface area contributed by atoms with Gasteiger partial charge in [0.2, 0.25) is 0 Å². The van der Waals surface area contributed by atoms with Gasteiger partial charge in [0.25, 0.3) is 5.91 Å². The van der Waals surface area contributed by atoms with Gasteiger partial charge in [-0.05, 0) is 49.2 Å². The second kappa shape index (κ2) is 7.39. The molecule has 0 aliphatic carbocycles. The van der Waals surface area contributed by atoms with Crippen molar-refractivity contribution in [1.29, 1.82) is 0 Å². The molecule has 0 bridgehead atoms. The van der Waals surface area contributed by atoms with E-state index < -0.39 is 0 Å². The Kier molecular flexibility index (Phi) is 4.44. The molecule has 3 heterocycles. The van der Waals surface area contributed by atoms with Crippen LogP contribution in [0.5, 0.6) is 0 Å². The Hall–Kier alpha value is -3.67. The van der Waals surface area contributed by atoms with Gasteiger partial charge in [0, 0.05) is 29.7 Å². The van der Waals surface area contributed by atoms with Crippen molar-refractivity contribution >= 4 is 28.4 Å². The fraction of sp³-hybridized carbons (Fsp3) is 0.174. The van der Waals surface area contributed by atoms with Gasteiger partial charge in [-0.25, -0.2) is 0 Å². The van der Waals surface area contributed by atoms with Crippen molar-refractivity contribution in [3.63, 3.8) is 0 Å². The molecule has 4 aromatic rings. The number of benzene rings is 2. The van der Waals surface area contributed by atoms with E-state index in [0.717, 1.165) is 35.6 Å². The molecule has 2 aromatic carbocycles. The number of hydrogen-bond acceptors (Lipinski definition) is 5. The van der Waals surface area contributed by atoms with Gasteiger partial charge in [-0.1, -0.05) is 30.3 Å². The van der Waals surface area contributed by atoms with Gasteiger partial charge >= 0.3 is 0 Å².